The number of nitrogens with zero attached hydrogens (tertiary/aromatic N) is 6. The molecule has 6 heterocycles. The van der Waals surface area contributed by atoms with Gasteiger partial charge in [0, 0.05) is 101 Å². The second-order valence-corrected chi connectivity index (χ2v) is 21.9. The number of aromatic nitrogens is 6. The first-order valence-electron chi connectivity index (χ1n) is 30.7. The molecule has 0 atom stereocenters. The summed E-state index contributed by atoms with van der Waals surface area (Å²) in [6.45, 7) is 26.3. The van der Waals surface area contributed by atoms with E-state index in [4.69, 9.17) is 0 Å². The first kappa shape index (κ1) is 73.6. The van der Waals surface area contributed by atoms with Crippen LogP contribution in [0, 0.1) is 62.3 Å². The quantitative estimate of drug-likeness (QED) is 0.112. The number of aryl methyl sites for hydroxylation is 14. The number of rotatable bonds is 8. The minimum absolute atomic E-state index is 0.135. The van der Waals surface area contributed by atoms with E-state index in [0.29, 0.717) is 13.0 Å². The summed E-state index contributed by atoms with van der Waals surface area (Å²) >= 11 is 0. The molecule has 0 unspecified atom stereocenters. The summed E-state index contributed by atoms with van der Waals surface area (Å²) in [6.07, 6.45) is 26.0. The highest BCUT2D eigenvalue weighted by molar-refractivity contribution is 5.96. The van der Waals surface area contributed by atoms with Crippen molar-refractivity contribution in [1.82, 2.24) is 0 Å². The van der Waals surface area contributed by atoms with Crippen molar-refractivity contribution >= 4 is 11.6 Å². The van der Waals surface area contributed by atoms with Gasteiger partial charge in [-0.05, 0) is 98.9 Å². The fourth-order valence-corrected chi connectivity index (χ4v) is 7.88. The number of hydrogen-bond acceptors (Lipinski definition) is 2. The van der Waals surface area contributed by atoms with Crippen LogP contribution in [0.4, 0.5) is 0 Å². The Morgan fingerprint density at radius 2 is 0.652 bits per heavy atom. The lowest BCUT2D eigenvalue weighted by molar-refractivity contribution is -0.693. The van der Waals surface area contributed by atoms with Gasteiger partial charge in [-0.25, -0.2) is 18.3 Å². The predicted molar refractivity (Wildman–Crippen MR) is 367 cm³/mol. The predicted octanol–water partition coefficient (Wildman–Crippen LogP) is 15.3. The summed E-state index contributed by atoms with van der Waals surface area (Å²) in [6, 6.07) is 71.3. The zero-order valence-corrected chi connectivity index (χ0v) is 56.0. The monoisotopic (exact) mass is 1190 g/mol. The lowest BCUT2D eigenvalue weighted by Gasteiger charge is -1.98. The molecule has 0 bridgehead atoms. The molecule has 11 rings (SSSR count). The van der Waals surface area contributed by atoms with Crippen molar-refractivity contribution in [2.24, 2.45) is 21.1 Å². The molecule has 0 saturated heterocycles. The highest BCUT2D eigenvalue weighted by Gasteiger charge is 2.11. The molecule has 460 valence electrons. The highest BCUT2D eigenvalue weighted by atomic mass is 16.1. The Balaban J connectivity index is 0.000000265. The molecule has 0 aliphatic carbocycles. The Kier molecular flexibility index (Phi) is 35.6. The Labute approximate surface area is 535 Å². The van der Waals surface area contributed by atoms with Crippen LogP contribution in [0.25, 0.3) is 5.69 Å². The molecule has 0 spiro atoms. The van der Waals surface area contributed by atoms with Gasteiger partial charge in [0.1, 0.15) is 27.7 Å². The summed E-state index contributed by atoms with van der Waals surface area (Å²) < 4.78 is 12.2. The molecule has 5 aromatic carbocycles. The molecule has 11 aromatic rings. The van der Waals surface area contributed by atoms with E-state index in [2.05, 4.69) is 193 Å². The maximum atomic E-state index is 11.9. The number of carbonyl (C=O) groups excluding carboxylic acids is 2. The molecular weight excluding hydrogens is 1090 g/mol. The lowest BCUT2D eigenvalue weighted by atomic mass is 10.1. The van der Waals surface area contributed by atoms with Crippen LogP contribution in [0.3, 0.4) is 0 Å². The molecule has 0 N–H and O–H groups in total. The summed E-state index contributed by atoms with van der Waals surface area (Å²) in [5, 5.41) is 0. The molecule has 0 fully saturated rings. The number of Topliss-reactive ketones (excluding diaryl/α,β-unsaturated/α-hetero) is 2. The molecule has 0 amide bonds. The van der Waals surface area contributed by atoms with Gasteiger partial charge >= 0.3 is 0 Å². The topological polar surface area (TPSA) is 57.4 Å². The second kappa shape index (κ2) is 43.0. The molecule has 8 heteroatoms. The Morgan fingerprint density at radius 3 is 1.01 bits per heavy atom. The molecular formula is C81H100N6O2+6. The van der Waals surface area contributed by atoms with Crippen LogP contribution in [0.5, 0.6) is 0 Å². The zero-order valence-electron chi connectivity index (χ0n) is 56.0. The van der Waals surface area contributed by atoms with Gasteiger partial charge in [-0.15, -0.1) is 0 Å². The number of benzene rings is 5. The van der Waals surface area contributed by atoms with Crippen LogP contribution >= 0.6 is 0 Å². The van der Waals surface area contributed by atoms with Gasteiger partial charge in [0.25, 0.3) is 0 Å². The number of carbonyl (C=O) groups is 2. The standard InChI is InChI=1S/C14H14NO.C12H12N.C10H12O.C9H12.C8H12N.C8H10.2C7H10N.C6H8N/c1-12-5-7-13(8-6-12)14(16)11-15-9-3-2-4-10-15;1-11-5-7-12(8-6-11)13-9-3-2-4-10-13;1-3-10(11)9-6-4-8(2)5-7-9;1-3-9-6-4-8(2)5-7-9;1-3-9-6-4-5-8(2)7-9;2*1-7-3-5-8(2)6-4-7;1-7-4-3-5-8(2)6-7;1-7-5-3-2-4-6-7/h2-10H,11H2,1H3;2-10H,1H3;4-7H,3H2,1-2H3;2*4-7H,3H2,1-2H3;3*3-6H,1-2H3;2-6H,1H3/q2*+1;;;+1;;3*+1. The summed E-state index contributed by atoms with van der Waals surface area (Å²) in [5.41, 5.74) is 15.8. The van der Waals surface area contributed by atoms with Crippen molar-refractivity contribution in [3.63, 3.8) is 0 Å². The molecule has 0 aliphatic rings. The molecule has 8 nitrogen and oxygen atoms in total. The van der Waals surface area contributed by atoms with Crippen LogP contribution in [-0.2, 0) is 40.7 Å². The van der Waals surface area contributed by atoms with E-state index in [1.54, 1.807) is 0 Å². The van der Waals surface area contributed by atoms with Gasteiger partial charge in [0.2, 0.25) is 18.0 Å². The largest absolute Gasteiger partial charge is 0.294 e. The summed E-state index contributed by atoms with van der Waals surface area (Å²) in [7, 11) is 6.03. The van der Waals surface area contributed by atoms with Crippen LogP contribution in [0.2, 0.25) is 0 Å². The van der Waals surface area contributed by atoms with E-state index < -0.39 is 0 Å². The third-order valence-corrected chi connectivity index (χ3v) is 13.4. The number of ketones is 2. The SMILES string of the molecule is CCC(=O)c1ccc(C)cc1.CC[n+]1cccc(C)c1.CCc1ccc(C)cc1.C[n+]1ccccc1.Cc1cc[n+](C)cc1.Cc1ccc(-[n+]2ccccc2)cc1.Cc1ccc(C(=O)C[n+]2ccccc2)cc1.Cc1ccc(C)cc1.Cc1ccc[n+](C)c1. The van der Waals surface area contributed by atoms with E-state index >= 15 is 0 Å². The van der Waals surface area contributed by atoms with Crippen molar-refractivity contribution in [2.45, 2.75) is 109 Å². The fourth-order valence-electron chi connectivity index (χ4n) is 7.88. The first-order valence-corrected chi connectivity index (χ1v) is 30.7. The van der Waals surface area contributed by atoms with Gasteiger partial charge in [0.15, 0.2) is 80.1 Å². The number of pyridine rings is 6. The van der Waals surface area contributed by atoms with Crippen LogP contribution in [0.1, 0.15) is 104 Å². The van der Waals surface area contributed by atoms with Crippen molar-refractivity contribution < 1.29 is 37.0 Å². The lowest BCUT2D eigenvalue weighted by Crippen LogP contribution is -2.36. The highest BCUT2D eigenvalue weighted by Crippen LogP contribution is 2.07. The summed E-state index contributed by atoms with van der Waals surface area (Å²) in [4.78, 5) is 23.0. The Bertz CT molecular complexity index is 3530. The second-order valence-electron chi connectivity index (χ2n) is 21.9. The van der Waals surface area contributed by atoms with Gasteiger partial charge < -0.3 is 0 Å². The van der Waals surface area contributed by atoms with Gasteiger partial charge in [0.05, 0.1) is 0 Å². The smallest absolute Gasteiger partial charge is 0.227 e. The van der Waals surface area contributed by atoms with Crippen molar-refractivity contribution in [3.05, 3.63) is 353 Å². The third-order valence-electron chi connectivity index (χ3n) is 13.4. The van der Waals surface area contributed by atoms with Gasteiger partial charge in [-0.3, -0.25) is 9.59 Å². The van der Waals surface area contributed by atoms with Gasteiger partial charge in [-0.2, -0.15) is 9.13 Å². The van der Waals surface area contributed by atoms with Crippen LogP contribution < -0.4 is 27.4 Å². The van der Waals surface area contributed by atoms with E-state index in [9.17, 15) is 9.59 Å². The zero-order chi connectivity index (χ0) is 65.2. The van der Waals surface area contributed by atoms with E-state index in [1.165, 1.54) is 61.3 Å². The fraction of sp³-hybridized carbons (Fsp3) is 0.235. The third kappa shape index (κ3) is 33.7. The van der Waals surface area contributed by atoms with Crippen molar-refractivity contribution in [1.29, 1.82) is 0 Å². The van der Waals surface area contributed by atoms with Crippen molar-refractivity contribution in [2.75, 3.05) is 0 Å². The molecule has 89 heavy (non-hydrogen) atoms. The molecule has 0 saturated carbocycles. The molecule has 0 aliphatic heterocycles. The van der Waals surface area contributed by atoms with Crippen LogP contribution in [-0.4, -0.2) is 11.6 Å². The molecule has 6 aromatic heterocycles. The maximum absolute atomic E-state index is 11.9. The first-order chi connectivity index (χ1) is 42.8. The maximum Gasteiger partial charge on any atom is 0.227 e. The minimum Gasteiger partial charge on any atom is -0.294 e. The van der Waals surface area contributed by atoms with E-state index in [0.717, 1.165) is 24.1 Å². The van der Waals surface area contributed by atoms with Crippen LogP contribution in [0.15, 0.2) is 287 Å². The average molecular weight is 1190 g/mol. The summed E-state index contributed by atoms with van der Waals surface area (Å²) in [5.74, 6) is 0.348. The average Bonchev–Trinajstić information content (AvgIpc) is 3.72. The number of hydrogen-bond donors (Lipinski definition) is 0. The Morgan fingerprint density at radius 1 is 0.303 bits per heavy atom. The normalized spacial score (nSPS) is 9.56. The van der Waals surface area contributed by atoms with Crippen molar-refractivity contribution in [3.8, 4) is 5.69 Å². The van der Waals surface area contributed by atoms with E-state index in [-0.39, 0.29) is 11.6 Å². The minimum atomic E-state index is 0.135. The van der Waals surface area contributed by atoms with E-state index in [1.807, 2.05) is 225 Å². The molecule has 0 radical (unpaired) electrons. The van der Waals surface area contributed by atoms with Gasteiger partial charge in [-0.1, -0.05) is 175 Å². The Hall–Kier alpha value is -9.66.